The number of amides is 3. The maximum absolute atomic E-state index is 13.5. The molecule has 1 aromatic heterocycles. The lowest BCUT2D eigenvalue weighted by Gasteiger charge is -2.32. The lowest BCUT2D eigenvalue weighted by molar-refractivity contribution is -0.149. The molecule has 0 spiro atoms. The average Bonchev–Trinajstić information content (AvgIpc) is 2.88. The van der Waals surface area contributed by atoms with E-state index in [0.29, 0.717) is 13.0 Å². The fourth-order valence-corrected chi connectivity index (χ4v) is 3.92. The van der Waals surface area contributed by atoms with E-state index in [1.807, 2.05) is 44.2 Å². The van der Waals surface area contributed by atoms with Crippen molar-refractivity contribution in [3.05, 3.63) is 60.2 Å². The first-order chi connectivity index (χ1) is 17.8. The Morgan fingerprint density at radius 3 is 2.54 bits per heavy atom. The number of benzene rings is 1. The minimum Gasteiger partial charge on any atom is -0.508 e. The van der Waals surface area contributed by atoms with Gasteiger partial charge in [0.25, 0.3) is 11.9 Å². The average molecular weight is 509 g/mol. The molecule has 0 unspecified atom stereocenters. The number of aromatic nitrogens is 2. The van der Waals surface area contributed by atoms with Gasteiger partial charge in [0, 0.05) is 25.4 Å². The predicted molar refractivity (Wildman–Crippen MR) is 135 cm³/mol. The van der Waals surface area contributed by atoms with Gasteiger partial charge in [-0.2, -0.15) is 0 Å². The van der Waals surface area contributed by atoms with E-state index in [-0.39, 0.29) is 24.5 Å². The second-order valence-corrected chi connectivity index (χ2v) is 9.13. The van der Waals surface area contributed by atoms with Gasteiger partial charge in [0.15, 0.2) is 0 Å². The van der Waals surface area contributed by atoms with Crippen molar-refractivity contribution in [1.82, 2.24) is 25.9 Å². The highest BCUT2D eigenvalue weighted by Crippen LogP contribution is 2.18. The summed E-state index contributed by atoms with van der Waals surface area (Å²) < 4.78 is 11.2. The van der Waals surface area contributed by atoms with Gasteiger partial charge in [-0.05, 0) is 24.8 Å². The van der Waals surface area contributed by atoms with E-state index in [9.17, 15) is 19.2 Å². The van der Waals surface area contributed by atoms with Crippen LogP contribution in [0.1, 0.15) is 49.7 Å². The smallest absolute Gasteiger partial charge is 0.508 e. The molecule has 1 aliphatic heterocycles. The molecule has 2 heterocycles. The van der Waals surface area contributed by atoms with Crippen LogP contribution in [0.2, 0.25) is 0 Å². The highest BCUT2D eigenvalue weighted by Gasteiger charge is 2.44. The van der Waals surface area contributed by atoms with Crippen molar-refractivity contribution in [2.45, 2.75) is 58.1 Å². The fourth-order valence-electron chi connectivity index (χ4n) is 3.92. The van der Waals surface area contributed by atoms with Crippen molar-refractivity contribution in [2.24, 2.45) is 5.92 Å². The normalized spacial score (nSPS) is 16.9. The first-order valence-electron chi connectivity index (χ1n) is 12.3. The van der Waals surface area contributed by atoms with Crippen LogP contribution in [0, 0.1) is 5.92 Å². The molecule has 1 aliphatic rings. The standard InChI is InChI=1S/C25H32BN5O6/c1-4-28-25(35)20-14-22(32)37-26(36-20)21(12-16(2)3)31-23(33)18(13-17-8-6-5-7-9-17)30-24(34)19-15-27-10-11-29-19/h5-11,15-16,18,20-21H,4,12-14H2,1-3H3,(H,28,35)(H,30,34)(H,31,33)/t18-,20+,21-/m0/s1. The maximum atomic E-state index is 13.5. The summed E-state index contributed by atoms with van der Waals surface area (Å²) in [7, 11) is -1.16. The number of hydrogen-bond acceptors (Lipinski definition) is 8. The summed E-state index contributed by atoms with van der Waals surface area (Å²) >= 11 is 0. The quantitative estimate of drug-likeness (QED) is 0.378. The highest BCUT2D eigenvalue weighted by atomic mass is 16.6. The van der Waals surface area contributed by atoms with E-state index in [1.54, 1.807) is 6.92 Å². The number of nitrogens with one attached hydrogen (secondary N) is 3. The molecule has 37 heavy (non-hydrogen) atoms. The molecule has 3 atom stereocenters. The Bertz CT molecular complexity index is 1070. The molecule has 0 radical (unpaired) electrons. The van der Waals surface area contributed by atoms with E-state index < -0.39 is 48.9 Å². The Labute approximate surface area is 216 Å². The van der Waals surface area contributed by atoms with Gasteiger partial charge in [-0.3, -0.25) is 24.2 Å². The molecule has 0 saturated carbocycles. The Morgan fingerprint density at radius 1 is 1.14 bits per heavy atom. The summed E-state index contributed by atoms with van der Waals surface area (Å²) in [5.41, 5.74) is 0.903. The van der Waals surface area contributed by atoms with Gasteiger partial charge in [-0.15, -0.1) is 0 Å². The summed E-state index contributed by atoms with van der Waals surface area (Å²) in [5.74, 6) is -2.71. The molecular formula is C25H32BN5O6. The van der Waals surface area contributed by atoms with Crippen LogP contribution in [0.15, 0.2) is 48.9 Å². The number of carbonyl (C=O) groups is 4. The monoisotopic (exact) mass is 509 g/mol. The molecule has 1 aromatic carbocycles. The topological polar surface area (TPSA) is 149 Å². The lowest BCUT2D eigenvalue weighted by atomic mass is 9.72. The molecule has 2 aromatic rings. The summed E-state index contributed by atoms with van der Waals surface area (Å²) in [5, 5.41) is 8.26. The van der Waals surface area contributed by atoms with E-state index in [0.717, 1.165) is 5.56 Å². The van der Waals surface area contributed by atoms with Gasteiger partial charge < -0.3 is 25.3 Å². The summed E-state index contributed by atoms with van der Waals surface area (Å²) in [6, 6.07) is 8.27. The molecule has 0 bridgehead atoms. The molecule has 0 aliphatic carbocycles. The van der Waals surface area contributed by atoms with Crippen LogP contribution in [0.25, 0.3) is 0 Å². The van der Waals surface area contributed by atoms with E-state index in [2.05, 4.69) is 25.9 Å². The Kier molecular flexibility index (Phi) is 10.1. The van der Waals surface area contributed by atoms with Gasteiger partial charge in [0.1, 0.15) is 17.8 Å². The number of nitrogens with zero attached hydrogens (tertiary/aromatic N) is 2. The molecule has 3 rings (SSSR count). The lowest BCUT2D eigenvalue weighted by Crippen LogP contribution is -2.59. The zero-order chi connectivity index (χ0) is 26.8. The Morgan fingerprint density at radius 2 is 1.89 bits per heavy atom. The van der Waals surface area contributed by atoms with Crippen molar-refractivity contribution in [3.63, 3.8) is 0 Å². The number of carbonyl (C=O) groups excluding carboxylic acids is 4. The van der Waals surface area contributed by atoms with E-state index >= 15 is 0 Å². The van der Waals surface area contributed by atoms with E-state index in [1.165, 1.54) is 18.6 Å². The third kappa shape index (κ3) is 8.38. The van der Waals surface area contributed by atoms with Crippen LogP contribution < -0.4 is 16.0 Å². The van der Waals surface area contributed by atoms with Gasteiger partial charge in [0.2, 0.25) is 11.8 Å². The van der Waals surface area contributed by atoms with E-state index in [4.69, 9.17) is 9.31 Å². The van der Waals surface area contributed by atoms with Gasteiger partial charge >= 0.3 is 7.12 Å². The first-order valence-corrected chi connectivity index (χ1v) is 12.3. The maximum Gasteiger partial charge on any atom is 0.551 e. The highest BCUT2D eigenvalue weighted by molar-refractivity contribution is 6.50. The minimum atomic E-state index is -1.16. The second kappa shape index (κ2) is 13.5. The Balaban J connectivity index is 1.80. The van der Waals surface area contributed by atoms with Crippen LogP contribution in [0.3, 0.4) is 0 Å². The zero-order valence-corrected chi connectivity index (χ0v) is 21.2. The van der Waals surface area contributed by atoms with Gasteiger partial charge in [-0.25, -0.2) is 4.98 Å². The molecule has 11 nitrogen and oxygen atoms in total. The number of rotatable bonds is 11. The number of likely N-dealkylation sites (N-methyl/N-ethyl adjacent to an activating group) is 1. The summed E-state index contributed by atoms with van der Waals surface area (Å²) in [6.07, 6.45) is 3.53. The molecule has 1 saturated heterocycles. The van der Waals surface area contributed by atoms with Crippen molar-refractivity contribution in [3.8, 4) is 0 Å². The number of hydrogen-bond donors (Lipinski definition) is 3. The van der Waals surface area contributed by atoms with Crippen molar-refractivity contribution < 1.29 is 28.5 Å². The van der Waals surface area contributed by atoms with Crippen LogP contribution in [0.4, 0.5) is 0 Å². The third-order valence-electron chi connectivity index (χ3n) is 5.62. The zero-order valence-electron chi connectivity index (χ0n) is 21.2. The summed E-state index contributed by atoms with van der Waals surface area (Å²) in [4.78, 5) is 58.8. The largest absolute Gasteiger partial charge is 0.551 e. The molecule has 1 fully saturated rings. The minimum absolute atomic E-state index is 0.0708. The molecular weight excluding hydrogens is 477 g/mol. The molecule has 12 heteroatoms. The van der Waals surface area contributed by atoms with Crippen molar-refractivity contribution >= 4 is 30.8 Å². The molecule has 196 valence electrons. The first kappa shape index (κ1) is 27.8. The predicted octanol–water partition coefficient (Wildman–Crippen LogP) is 0.844. The Hall–Kier alpha value is -3.80. The van der Waals surface area contributed by atoms with Crippen LogP contribution in [0.5, 0.6) is 0 Å². The van der Waals surface area contributed by atoms with Crippen LogP contribution in [-0.2, 0) is 30.1 Å². The molecule has 3 amide bonds. The fraction of sp³-hybridized carbons (Fsp3) is 0.440. The third-order valence-corrected chi connectivity index (χ3v) is 5.62. The van der Waals surface area contributed by atoms with Crippen molar-refractivity contribution in [1.29, 1.82) is 0 Å². The van der Waals surface area contributed by atoms with Crippen molar-refractivity contribution in [2.75, 3.05) is 6.54 Å². The second-order valence-electron chi connectivity index (χ2n) is 9.13. The summed E-state index contributed by atoms with van der Waals surface area (Å²) in [6.45, 7) is 6.04. The van der Waals surface area contributed by atoms with Gasteiger partial charge in [0.05, 0.1) is 18.6 Å². The van der Waals surface area contributed by atoms with Crippen LogP contribution in [-0.4, -0.2) is 65.4 Å². The van der Waals surface area contributed by atoms with Gasteiger partial charge in [-0.1, -0.05) is 44.2 Å². The van der Waals surface area contributed by atoms with Crippen LogP contribution >= 0.6 is 0 Å². The SMILES string of the molecule is CCNC(=O)[C@H]1CC(=O)OB([C@H](CC(C)C)NC(=O)[C@H](Cc2ccccc2)NC(=O)c2cnccn2)O1. The molecule has 3 N–H and O–H groups in total.